The Bertz CT molecular complexity index is 427. The molecule has 1 heterocycles. The minimum atomic E-state index is -0.428. The molecule has 1 aliphatic carbocycles. The monoisotopic (exact) mass is 269 g/mol. The number of carbonyl (C=O) groups excluding carboxylic acids is 1. The molecule has 0 radical (unpaired) electrons. The van der Waals surface area contributed by atoms with Gasteiger partial charge in [0.2, 0.25) is 0 Å². The van der Waals surface area contributed by atoms with Crippen LogP contribution in [0.15, 0.2) is 0 Å². The van der Waals surface area contributed by atoms with Gasteiger partial charge in [0.1, 0.15) is 10.6 Å². The van der Waals surface area contributed by atoms with Crippen LogP contribution in [0.2, 0.25) is 0 Å². The van der Waals surface area contributed by atoms with Gasteiger partial charge in [-0.1, -0.05) is 12.8 Å². The van der Waals surface area contributed by atoms with Crippen molar-refractivity contribution in [1.29, 1.82) is 0 Å². The molecule has 0 bridgehead atoms. The summed E-state index contributed by atoms with van der Waals surface area (Å²) in [5.74, 6) is 0.481. The number of hydrogen-bond donors (Lipinski definition) is 2. The molecule has 0 aliphatic heterocycles. The molecule has 5 nitrogen and oxygen atoms in total. The van der Waals surface area contributed by atoms with E-state index in [1.54, 1.807) is 0 Å². The van der Waals surface area contributed by atoms with Gasteiger partial charge in [0.15, 0.2) is 5.82 Å². The molecule has 0 spiro atoms. The fourth-order valence-electron chi connectivity index (χ4n) is 2.48. The molecule has 18 heavy (non-hydrogen) atoms. The predicted molar refractivity (Wildman–Crippen MR) is 72.9 cm³/mol. The highest BCUT2D eigenvalue weighted by Crippen LogP contribution is 2.33. The number of rotatable bonds is 4. The number of carbonyl (C=O) groups is 1. The first-order valence-electron chi connectivity index (χ1n) is 6.23. The number of nitrogen functional groups attached to an aromatic ring is 1. The van der Waals surface area contributed by atoms with Gasteiger partial charge in [0, 0.05) is 6.04 Å². The van der Waals surface area contributed by atoms with Crippen LogP contribution in [0.4, 0.5) is 10.8 Å². The first-order chi connectivity index (χ1) is 8.63. The maximum Gasteiger partial charge on any atom is 0.344 e. The molecule has 1 aromatic rings. The van der Waals surface area contributed by atoms with Gasteiger partial charge in [0.05, 0.1) is 7.11 Å². The summed E-state index contributed by atoms with van der Waals surface area (Å²) in [6.45, 7) is 2.15. The van der Waals surface area contributed by atoms with Crippen LogP contribution in [-0.4, -0.2) is 23.5 Å². The van der Waals surface area contributed by atoms with Gasteiger partial charge < -0.3 is 15.8 Å². The number of nitrogens with one attached hydrogen (secondary N) is 1. The lowest BCUT2D eigenvalue weighted by Crippen LogP contribution is -2.24. The van der Waals surface area contributed by atoms with Crippen molar-refractivity contribution >= 4 is 28.3 Å². The fraction of sp³-hybridized carbons (Fsp3) is 0.667. The van der Waals surface area contributed by atoms with Crippen LogP contribution < -0.4 is 11.1 Å². The standard InChI is InChI=1S/C12H19N3O2S/c1-7(8-5-3-4-6-8)14-11-9(12(16)17-2)10(13)15-18-11/h7-8,14H,3-6H2,1-2H3,(H2,13,15). The maximum absolute atomic E-state index is 11.6. The molecule has 1 atom stereocenters. The van der Waals surface area contributed by atoms with E-state index in [2.05, 4.69) is 16.6 Å². The number of aromatic nitrogens is 1. The summed E-state index contributed by atoms with van der Waals surface area (Å²) in [5.41, 5.74) is 6.07. The minimum Gasteiger partial charge on any atom is -0.465 e. The zero-order valence-electron chi connectivity index (χ0n) is 10.7. The van der Waals surface area contributed by atoms with Gasteiger partial charge in [-0.3, -0.25) is 0 Å². The van der Waals surface area contributed by atoms with Crippen LogP contribution >= 0.6 is 11.5 Å². The van der Waals surface area contributed by atoms with E-state index in [-0.39, 0.29) is 5.82 Å². The topological polar surface area (TPSA) is 77.2 Å². The quantitative estimate of drug-likeness (QED) is 0.821. The SMILES string of the molecule is COC(=O)c1c(N)nsc1NC(C)C1CCCC1. The van der Waals surface area contributed by atoms with Crippen molar-refractivity contribution < 1.29 is 9.53 Å². The van der Waals surface area contributed by atoms with E-state index in [1.165, 1.54) is 44.3 Å². The van der Waals surface area contributed by atoms with Gasteiger partial charge in [0.25, 0.3) is 0 Å². The molecule has 6 heteroatoms. The Kier molecular flexibility index (Phi) is 4.06. The second-order valence-electron chi connectivity index (χ2n) is 4.74. The van der Waals surface area contributed by atoms with Crippen LogP contribution in [0.3, 0.4) is 0 Å². The molecule has 1 aliphatic rings. The molecule has 0 amide bonds. The first-order valence-corrected chi connectivity index (χ1v) is 7.00. The second-order valence-corrected chi connectivity index (χ2v) is 5.51. The smallest absolute Gasteiger partial charge is 0.344 e. The van der Waals surface area contributed by atoms with E-state index in [4.69, 9.17) is 10.5 Å². The highest BCUT2D eigenvalue weighted by Gasteiger charge is 2.25. The molecular formula is C12H19N3O2S. The van der Waals surface area contributed by atoms with Crippen molar-refractivity contribution in [2.45, 2.75) is 38.6 Å². The minimum absolute atomic E-state index is 0.243. The van der Waals surface area contributed by atoms with Gasteiger partial charge in [-0.25, -0.2) is 4.79 Å². The van der Waals surface area contributed by atoms with Crippen molar-refractivity contribution in [1.82, 2.24) is 4.37 Å². The molecule has 1 unspecified atom stereocenters. The van der Waals surface area contributed by atoms with Crippen LogP contribution in [-0.2, 0) is 4.74 Å². The Morgan fingerprint density at radius 1 is 1.56 bits per heavy atom. The van der Waals surface area contributed by atoms with Gasteiger partial charge >= 0.3 is 5.97 Å². The third kappa shape index (κ3) is 2.58. The summed E-state index contributed by atoms with van der Waals surface area (Å²) >= 11 is 1.22. The van der Waals surface area contributed by atoms with Crippen LogP contribution in [0.1, 0.15) is 43.0 Å². The number of ether oxygens (including phenoxy) is 1. The van der Waals surface area contributed by atoms with E-state index in [1.807, 2.05) is 0 Å². The second kappa shape index (κ2) is 5.56. The normalized spacial score (nSPS) is 17.7. The molecule has 0 saturated heterocycles. The average molecular weight is 269 g/mol. The van der Waals surface area contributed by atoms with E-state index in [9.17, 15) is 4.79 Å². The molecule has 1 fully saturated rings. The summed E-state index contributed by atoms with van der Waals surface area (Å²) in [6.07, 6.45) is 5.09. The average Bonchev–Trinajstić information content (AvgIpc) is 2.98. The third-order valence-corrected chi connectivity index (χ3v) is 4.37. The van der Waals surface area contributed by atoms with Crippen molar-refractivity contribution in [2.75, 3.05) is 18.2 Å². The third-order valence-electron chi connectivity index (χ3n) is 3.57. The fourth-order valence-corrected chi connectivity index (χ4v) is 3.28. The molecule has 3 N–H and O–H groups in total. The highest BCUT2D eigenvalue weighted by molar-refractivity contribution is 7.11. The molecule has 100 valence electrons. The number of hydrogen-bond acceptors (Lipinski definition) is 6. The zero-order valence-corrected chi connectivity index (χ0v) is 11.5. The Labute approximate surface area is 111 Å². The Balaban J connectivity index is 2.11. The van der Waals surface area contributed by atoms with Crippen molar-refractivity contribution in [3.05, 3.63) is 5.56 Å². The summed E-state index contributed by atoms with van der Waals surface area (Å²) in [7, 11) is 1.35. The van der Waals surface area contributed by atoms with Gasteiger partial charge in [-0.05, 0) is 37.2 Å². The highest BCUT2D eigenvalue weighted by atomic mass is 32.1. The summed E-state index contributed by atoms with van der Waals surface area (Å²) in [5, 5.41) is 4.08. The molecular weight excluding hydrogens is 250 g/mol. The Morgan fingerprint density at radius 2 is 2.22 bits per heavy atom. The van der Waals surface area contributed by atoms with E-state index in [0.29, 0.717) is 17.5 Å². The maximum atomic E-state index is 11.6. The predicted octanol–water partition coefficient (Wildman–Crippen LogP) is 2.50. The number of nitrogens with two attached hydrogens (primary N) is 1. The van der Waals surface area contributed by atoms with Gasteiger partial charge in [-0.15, -0.1) is 0 Å². The Morgan fingerprint density at radius 3 is 2.83 bits per heavy atom. The molecule has 1 saturated carbocycles. The number of nitrogens with zero attached hydrogens (tertiary/aromatic N) is 1. The van der Waals surface area contributed by atoms with E-state index in [0.717, 1.165) is 5.00 Å². The first kappa shape index (κ1) is 13.1. The van der Waals surface area contributed by atoms with E-state index >= 15 is 0 Å². The number of methoxy groups -OCH3 is 1. The summed E-state index contributed by atoms with van der Waals surface area (Å²) in [6, 6.07) is 0.329. The lowest BCUT2D eigenvalue weighted by Gasteiger charge is -2.20. The van der Waals surface area contributed by atoms with Crippen molar-refractivity contribution in [3.63, 3.8) is 0 Å². The van der Waals surface area contributed by atoms with Crippen molar-refractivity contribution in [3.8, 4) is 0 Å². The Hall–Kier alpha value is -1.30. The van der Waals surface area contributed by atoms with Crippen LogP contribution in [0.5, 0.6) is 0 Å². The van der Waals surface area contributed by atoms with Crippen LogP contribution in [0, 0.1) is 5.92 Å². The largest absolute Gasteiger partial charge is 0.465 e. The molecule has 0 aromatic carbocycles. The lowest BCUT2D eigenvalue weighted by molar-refractivity contribution is 0.0603. The zero-order chi connectivity index (χ0) is 13.1. The summed E-state index contributed by atoms with van der Waals surface area (Å²) in [4.78, 5) is 11.6. The van der Waals surface area contributed by atoms with Crippen LogP contribution in [0.25, 0.3) is 0 Å². The molecule has 1 aromatic heterocycles. The van der Waals surface area contributed by atoms with Gasteiger partial charge in [-0.2, -0.15) is 4.37 Å². The number of anilines is 2. The molecule has 2 rings (SSSR count). The number of esters is 1. The summed E-state index contributed by atoms with van der Waals surface area (Å²) < 4.78 is 8.75. The lowest BCUT2D eigenvalue weighted by atomic mass is 10.00. The van der Waals surface area contributed by atoms with Crippen molar-refractivity contribution in [2.24, 2.45) is 5.92 Å². The van der Waals surface area contributed by atoms with E-state index < -0.39 is 5.97 Å².